The van der Waals surface area contributed by atoms with Gasteiger partial charge in [-0.2, -0.15) is 4.98 Å². The molecule has 0 aliphatic rings. The van der Waals surface area contributed by atoms with Gasteiger partial charge in [0, 0.05) is 29.5 Å². The molecule has 0 radical (unpaired) electrons. The quantitative estimate of drug-likeness (QED) is 0.796. The molecule has 1 atom stereocenters. The van der Waals surface area contributed by atoms with E-state index in [0.717, 1.165) is 0 Å². The topological polar surface area (TPSA) is 68.0 Å². The van der Waals surface area contributed by atoms with Crippen LogP contribution in [0.15, 0.2) is 39.8 Å². The number of aromatic nitrogens is 2. The minimum absolute atomic E-state index is 0.00589. The van der Waals surface area contributed by atoms with Crippen LogP contribution in [0.5, 0.6) is 0 Å². The summed E-state index contributed by atoms with van der Waals surface area (Å²) in [5.41, 5.74) is 0. The number of amides is 1. The maximum atomic E-state index is 11.8. The molecule has 0 aliphatic heterocycles. The molecule has 1 aromatic carbocycles. The fourth-order valence-corrected chi connectivity index (χ4v) is 2.73. The molecule has 0 saturated carbocycles. The Balaban J connectivity index is 1.66. The summed E-state index contributed by atoms with van der Waals surface area (Å²) in [7, 11) is 0. The molecule has 1 amide bonds. The number of carbonyl (C=O) groups is 1. The molecule has 0 bridgehead atoms. The molecular formula is C15H19N3O2S. The second-order valence-electron chi connectivity index (χ2n) is 4.78. The monoisotopic (exact) mass is 305 g/mol. The average Bonchev–Trinajstić information content (AvgIpc) is 2.90. The van der Waals surface area contributed by atoms with Gasteiger partial charge in [-0.1, -0.05) is 30.3 Å². The largest absolute Gasteiger partial charge is 0.355 e. The molecule has 0 spiro atoms. The second kappa shape index (κ2) is 7.83. The van der Waals surface area contributed by atoms with Crippen LogP contribution < -0.4 is 5.32 Å². The third-order valence-corrected chi connectivity index (χ3v) is 3.92. The number of rotatable bonds is 7. The van der Waals surface area contributed by atoms with Crippen LogP contribution in [0.1, 0.15) is 25.1 Å². The molecule has 0 saturated heterocycles. The third-order valence-electron chi connectivity index (χ3n) is 2.80. The molecule has 21 heavy (non-hydrogen) atoms. The number of hydrogen-bond donors (Lipinski definition) is 1. The maximum Gasteiger partial charge on any atom is 0.227 e. The van der Waals surface area contributed by atoms with Gasteiger partial charge in [0.1, 0.15) is 0 Å². The van der Waals surface area contributed by atoms with Crippen LogP contribution in [0.2, 0.25) is 0 Å². The minimum atomic E-state index is 0.00589. The zero-order valence-electron chi connectivity index (χ0n) is 12.2. The van der Waals surface area contributed by atoms with Gasteiger partial charge < -0.3 is 9.84 Å². The fraction of sp³-hybridized carbons (Fsp3) is 0.400. The predicted molar refractivity (Wildman–Crippen MR) is 82.1 cm³/mol. The van der Waals surface area contributed by atoms with Gasteiger partial charge in [0.25, 0.3) is 0 Å². The third kappa shape index (κ3) is 5.59. The number of benzene rings is 1. The van der Waals surface area contributed by atoms with Gasteiger partial charge in [0.05, 0.1) is 0 Å². The van der Waals surface area contributed by atoms with Crippen molar-refractivity contribution in [1.29, 1.82) is 0 Å². The van der Waals surface area contributed by atoms with Crippen LogP contribution in [0.3, 0.4) is 0 Å². The van der Waals surface area contributed by atoms with Crippen molar-refractivity contribution in [2.75, 3.05) is 6.54 Å². The van der Waals surface area contributed by atoms with E-state index in [1.54, 1.807) is 18.7 Å². The van der Waals surface area contributed by atoms with Crippen LogP contribution >= 0.6 is 11.8 Å². The Morgan fingerprint density at radius 2 is 2.14 bits per heavy atom. The molecule has 1 aromatic heterocycles. The number of hydrogen-bond acceptors (Lipinski definition) is 5. The first-order valence-corrected chi connectivity index (χ1v) is 7.79. The summed E-state index contributed by atoms with van der Waals surface area (Å²) >= 11 is 1.75. The van der Waals surface area contributed by atoms with Crippen LogP contribution in [0.4, 0.5) is 0 Å². The van der Waals surface area contributed by atoms with Crippen molar-refractivity contribution in [2.45, 2.75) is 36.8 Å². The van der Waals surface area contributed by atoms with Crippen LogP contribution in [0.25, 0.3) is 0 Å². The molecule has 6 heteroatoms. The molecule has 2 aromatic rings. The van der Waals surface area contributed by atoms with Crippen molar-refractivity contribution in [3.8, 4) is 0 Å². The van der Waals surface area contributed by atoms with E-state index in [4.69, 9.17) is 4.52 Å². The molecule has 0 fully saturated rings. The molecule has 1 N–H and O–H groups in total. The van der Waals surface area contributed by atoms with Crippen molar-refractivity contribution < 1.29 is 9.32 Å². The van der Waals surface area contributed by atoms with Gasteiger partial charge >= 0.3 is 0 Å². The standard InChI is InChI=1S/C15H19N3O2S/c1-11(21-13-6-4-3-5-7-13)10-16-14(19)8-9-15-17-12(2)18-20-15/h3-7,11H,8-10H2,1-2H3,(H,16,19). The lowest BCUT2D eigenvalue weighted by atomic mass is 10.3. The Hall–Kier alpha value is -1.82. The van der Waals surface area contributed by atoms with Gasteiger partial charge in [-0.3, -0.25) is 4.79 Å². The molecule has 5 nitrogen and oxygen atoms in total. The summed E-state index contributed by atoms with van der Waals surface area (Å²) in [4.78, 5) is 17.1. The summed E-state index contributed by atoms with van der Waals surface area (Å²) in [5, 5.41) is 6.95. The van der Waals surface area contributed by atoms with Crippen molar-refractivity contribution in [2.24, 2.45) is 0 Å². The smallest absolute Gasteiger partial charge is 0.227 e. The molecule has 1 unspecified atom stereocenters. The normalized spacial score (nSPS) is 12.1. The Labute approximate surface area is 128 Å². The summed E-state index contributed by atoms with van der Waals surface area (Å²) < 4.78 is 4.97. The van der Waals surface area contributed by atoms with Gasteiger partial charge in [-0.05, 0) is 19.1 Å². The van der Waals surface area contributed by atoms with E-state index in [1.165, 1.54) is 4.90 Å². The van der Waals surface area contributed by atoms with Crippen molar-refractivity contribution in [3.05, 3.63) is 42.0 Å². The highest BCUT2D eigenvalue weighted by molar-refractivity contribution is 8.00. The molecule has 0 aliphatic carbocycles. The van der Waals surface area contributed by atoms with E-state index in [0.29, 0.717) is 36.4 Å². The van der Waals surface area contributed by atoms with Gasteiger partial charge in [0.2, 0.25) is 11.8 Å². The minimum Gasteiger partial charge on any atom is -0.355 e. The Morgan fingerprint density at radius 3 is 2.81 bits per heavy atom. The lowest BCUT2D eigenvalue weighted by molar-refractivity contribution is -0.121. The van der Waals surface area contributed by atoms with E-state index < -0.39 is 0 Å². The molecule has 2 rings (SSSR count). The zero-order valence-corrected chi connectivity index (χ0v) is 13.0. The maximum absolute atomic E-state index is 11.8. The van der Waals surface area contributed by atoms with Crippen LogP contribution in [-0.4, -0.2) is 27.8 Å². The van der Waals surface area contributed by atoms with Crippen LogP contribution in [-0.2, 0) is 11.2 Å². The summed E-state index contributed by atoms with van der Waals surface area (Å²) in [6.45, 7) is 4.50. The Morgan fingerprint density at radius 1 is 1.38 bits per heavy atom. The molecule has 1 heterocycles. The first-order valence-electron chi connectivity index (χ1n) is 6.91. The summed E-state index contributed by atoms with van der Waals surface area (Å²) in [6, 6.07) is 10.2. The molecule has 112 valence electrons. The van der Waals surface area contributed by atoms with E-state index in [2.05, 4.69) is 34.5 Å². The summed E-state index contributed by atoms with van der Waals surface area (Å²) in [6.07, 6.45) is 0.844. The first kappa shape index (κ1) is 15.6. The Kier molecular flexibility index (Phi) is 5.80. The van der Waals surface area contributed by atoms with Gasteiger partial charge in [-0.15, -0.1) is 11.8 Å². The summed E-state index contributed by atoms with van der Waals surface area (Å²) in [5.74, 6) is 1.11. The number of carbonyl (C=O) groups excluding carboxylic acids is 1. The van der Waals surface area contributed by atoms with E-state index >= 15 is 0 Å². The number of nitrogens with one attached hydrogen (secondary N) is 1. The highest BCUT2D eigenvalue weighted by Crippen LogP contribution is 2.21. The highest BCUT2D eigenvalue weighted by Gasteiger charge is 2.09. The first-order chi connectivity index (χ1) is 10.1. The van der Waals surface area contributed by atoms with Crippen molar-refractivity contribution >= 4 is 17.7 Å². The van der Waals surface area contributed by atoms with E-state index in [1.807, 2.05) is 18.2 Å². The lowest BCUT2D eigenvalue weighted by Gasteiger charge is -2.12. The number of nitrogens with zero attached hydrogens (tertiary/aromatic N) is 2. The SMILES string of the molecule is Cc1noc(CCC(=O)NCC(C)Sc2ccccc2)n1. The Bertz CT molecular complexity index is 571. The van der Waals surface area contributed by atoms with Crippen molar-refractivity contribution in [1.82, 2.24) is 15.5 Å². The fourth-order valence-electron chi connectivity index (χ4n) is 1.78. The predicted octanol–water partition coefficient (Wildman–Crippen LogP) is 2.61. The van der Waals surface area contributed by atoms with Crippen molar-refractivity contribution in [3.63, 3.8) is 0 Å². The van der Waals surface area contributed by atoms with Crippen LogP contribution in [0, 0.1) is 6.92 Å². The van der Waals surface area contributed by atoms with Gasteiger partial charge in [-0.25, -0.2) is 0 Å². The van der Waals surface area contributed by atoms with Gasteiger partial charge in [0.15, 0.2) is 5.82 Å². The number of thioether (sulfide) groups is 1. The molecular weight excluding hydrogens is 286 g/mol. The lowest BCUT2D eigenvalue weighted by Crippen LogP contribution is -2.29. The zero-order chi connectivity index (χ0) is 15.1. The number of aryl methyl sites for hydroxylation is 2. The second-order valence-corrected chi connectivity index (χ2v) is 6.29. The average molecular weight is 305 g/mol. The van der Waals surface area contributed by atoms with E-state index in [-0.39, 0.29) is 5.91 Å². The highest BCUT2D eigenvalue weighted by atomic mass is 32.2. The van der Waals surface area contributed by atoms with E-state index in [9.17, 15) is 4.79 Å².